The van der Waals surface area contributed by atoms with Gasteiger partial charge in [-0.3, -0.25) is 14.5 Å². The number of aromatic nitrogens is 1. The van der Waals surface area contributed by atoms with Crippen molar-refractivity contribution in [2.45, 2.75) is 45.4 Å². The Hall–Kier alpha value is -2.70. The van der Waals surface area contributed by atoms with Gasteiger partial charge in [-0.05, 0) is 43.1 Å². The van der Waals surface area contributed by atoms with E-state index in [2.05, 4.69) is 24.0 Å². The van der Waals surface area contributed by atoms with Gasteiger partial charge in [0.1, 0.15) is 0 Å². The van der Waals surface area contributed by atoms with Crippen molar-refractivity contribution >= 4 is 12.0 Å². The van der Waals surface area contributed by atoms with Crippen LogP contribution >= 0.6 is 0 Å². The number of fused-ring (bicyclic) bond motifs is 5. The molecule has 3 aliphatic rings. The van der Waals surface area contributed by atoms with Crippen molar-refractivity contribution in [3.63, 3.8) is 0 Å². The van der Waals surface area contributed by atoms with Gasteiger partial charge in [-0.1, -0.05) is 43.3 Å². The first kappa shape index (κ1) is 21.2. The first-order chi connectivity index (χ1) is 15.6. The summed E-state index contributed by atoms with van der Waals surface area (Å²) in [5.41, 5.74) is 4.06. The van der Waals surface area contributed by atoms with E-state index < -0.39 is 0 Å². The topological polar surface area (TPSA) is 65.8 Å². The summed E-state index contributed by atoms with van der Waals surface area (Å²) in [4.78, 5) is 31.4. The molecule has 5 rings (SSSR count). The molecule has 0 aliphatic carbocycles. The minimum atomic E-state index is -0.351. The number of rotatable bonds is 4. The maximum absolute atomic E-state index is 13.9. The van der Waals surface area contributed by atoms with Crippen molar-refractivity contribution in [2.75, 3.05) is 19.7 Å². The van der Waals surface area contributed by atoms with Gasteiger partial charge in [0, 0.05) is 49.5 Å². The van der Waals surface area contributed by atoms with Crippen LogP contribution in [0.15, 0.2) is 47.3 Å². The van der Waals surface area contributed by atoms with Crippen LogP contribution in [-0.2, 0) is 24.3 Å². The summed E-state index contributed by atoms with van der Waals surface area (Å²) in [6, 6.07) is 12.0. The lowest BCUT2D eigenvalue weighted by molar-refractivity contribution is -0.139. The highest BCUT2D eigenvalue weighted by molar-refractivity contribution is 5.81. The van der Waals surface area contributed by atoms with Crippen molar-refractivity contribution in [3.05, 3.63) is 75.2 Å². The Labute approximate surface area is 188 Å². The third-order valence-corrected chi connectivity index (χ3v) is 7.64. The predicted molar refractivity (Wildman–Crippen MR) is 124 cm³/mol. The maximum atomic E-state index is 13.9. The van der Waals surface area contributed by atoms with Crippen molar-refractivity contribution in [3.8, 4) is 0 Å². The summed E-state index contributed by atoms with van der Waals surface area (Å²) in [5.74, 6) is -0.437. The van der Waals surface area contributed by atoms with Crippen LogP contribution in [0.2, 0.25) is 0 Å². The van der Waals surface area contributed by atoms with Crippen LogP contribution in [0.4, 0.5) is 0 Å². The number of aliphatic hydroxyl groups excluding tert-OH is 1. The molecule has 0 spiro atoms. The van der Waals surface area contributed by atoms with Gasteiger partial charge in [-0.15, -0.1) is 0 Å². The zero-order chi connectivity index (χ0) is 22.4. The molecule has 1 aromatic carbocycles. The molecule has 6 heteroatoms. The second-order valence-electron chi connectivity index (χ2n) is 9.12. The Balaban J connectivity index is 1.55. The fourth-order valence-corrected chi connectivity index (χ4v) is 6.15. The van der Waals surface area contributed by atoms with Crippen molar-refractivity contribution < 1.29 is 9.90 Å². The molecule has 3 aliphatic heterocycles. The highest BCUT2D eigenvalue weighted by Gasteiger charge is 2.56. The van der Waals surface area contributed by atoms with Crippen LogP contribution < -0.4 is 5.56 Å². The molecule has 1 saturated heterocycles. The molecule has 2 bridgehead atoms. The normalized spacial score (nSPS) is 26.9. The number of allylic oxidation sites excluding steroid dienone is 1. The molecule has 1 amide bonds. The summed E-state index contributed by atoms with van der Waals surface area (Å²) in [7, 11) is 0. The molecular formula is C26H31N3O3. The Bertz CT molecular complexity index is 1120. The molecule has 1 fully saturated rings. The number of nitrogens with zero attached hydrogens (tertiary/aromatic N) is 3. The molecule has 4 heterocycles. The number of pyridine rings is 1. The Morgan fingerprint density at radius 1 is 1.19 bits per heavy atom. The SMILES string of the molecule is C/C=C\c1ccc2n(c1=O)C[C@H]1[C@H](CO)[C@@H](C(=O)N3CCc4ccccc4C3)[C@@H]2N1CC. The number of carbonyl (C=O) groups excluding carboxylic acids is 1. The molecule has 1 aromatic heterocycles. The van der Waals surface area contributed by atoms with Gasteiger partial charge >= 0.3 is 0 Å². The maximum Gasteiger partial charge on any atom is 0.258 e. The highest BCUT2D eigenvalue weighted by atomic mass is 16.3. The van der Waals surface area contributed by atoms with Crippen LogP contribution in [0, 0.1) is 11.8 Å². The molecular weight excluding hydrogens is 402 g/mol. The minimum Gasteiger partial charge on any atom is -0.396 e. The first-order valence-electron chi connectivity index (χ1n) is 11.7. The average Bonchev–Trinajstić information content (AvgIpc) is 3.05. The van der Waals surface area contributed by atoms with E-state index in [4.69, 9.17) is 0 Å². The largest absolute Gasteiger partial charge is 0.396 e. The van der Waals surface area contributed by atoms with Crippen LogP contribution in [-0.4, -0.2) is 51.1 Å². The number of likely N-dealkylation sites (N-methyl/N-ethyl adjacent to an activating group) is 1. The second-order valence-corrected chi connectivity index (χ2v) is 9.12. The zero-order valence-corrected chi connectivity index (χ0v) is 18.8. The van der Waals surface area contributed by atoms with Gasteiger partial charge in [0.2, 0.25) is 5.91 Å². The number of hydrogen-bond donors (Lipinski definition) is 1. The van der Waals surface area contributed by atoms with E-state index in [0.29, 0.717) is 25.2 Å². The standard InChI is InChI=1S/C26H31N3O3/c1-3-7-18-10-11-21-24-23(20(16-30)22(28(24)4-2)15-29(21)25(18)31)26(32)27-13-12-17-8-5-6-9-19(17)14-27/h3,5-11,20,22-24,30H,4,12-16H2,1-2H3/b7-3-/t20-,22-,23+,24+/m0/s1. The Morgan fingerprint density at radius 2 is 1.97 bits per heavy atom. The number of aliphatic hydroxyl groups is 1. The van der Waals surface area contributed by atoms with E-state index in [1.807, 2.05) is 52.8 Å². The molecule has 0 radical (unpaired) electrons. The fourth-order valence-electron chi connectivity index (χ4n) is 6.15. The van der Waals surface area contributed by atoms with Gasteiger partial charge < -0.3 is 14.6 Å². The van der Waals surface area contributed by atoms with E-state index >= 15 is 0 Å². The molecule has 0 saturated carbocycles. The lowest BCUT2D eigenvalue weighted by Crippen LogP contribution is -2.46. The summed E-state index contributed by atoms with van der Waals surface area (Å²) < 4.78 is 1.85. The number of amides is 1. The number of carbonyl (C=O) groups is 1. The van der Waals surface area contributed by atoms with Crippen LogP contribution in [0.5, 0.6) is 0 Å². The quantitative estimate of drug-likeness (QED) is 0.805. The first-order valence-corrected chi connectivity index (χ1v) is 11.7. The third kappa shape index (κ3) is 3.16. The van der Waals surface area contributed by atoms with Crippen molar-refractivity contribution in [1.82, 2.24) is 14.4 Å². The fraction of sp³-hybridized carbons (Fsp3) is 0.462. The molecule has 1 N–H and O–H groups in total. The molecule has 6 nitrogen and oxygen atoms in total. The summed E-state index contributed by atoms with van der Waals surface area (Å²) in [5, 5.41) is 10.4. The van der Waals surface area contributed by atoms with E-state index in [1.165, 1.54) is 11.1 Å². The van der Waals surface area contributed by atoms with Crippen LogP contribution in [0.1, 0.15) is 42.3 Å². The van der Waals surface area contributed by atoms with Crippen molar-refractivity contribution in [2.24, 2.45) is 11.8 Å². The lowest BCUT2D eigenvalue weighted by Gasteiger charge is -2.38. The summed E-state index contributed by atoms with van der Waals surface area (Å²) in [6.45, 7) is 6.55. The van der Waals surface area contributed by atoms with E-state index in [1.54, 1.807) is 0 Å². The minimum absolute atomic E-state index is 0.0111. The van der Waals surface area contributed by atoms with E-state index in [9.17, 15) is 14.7 Å². The summed E-state index contributed by atoms with van der Waals surface area (Å²) in [6.07, 6.45) is 4.56. The van der Waals surface area contributed by atoms with E-state index in [0.717, 1.165) is 18.7 Å². The van der Waals surface area contributed by atoms with Crippen LogP contribution in [0.3, 0.4) is 0 Å². The molecule has 168 valence electrons. The van der Waals surface area contributed by atoms with E-state index in [-0.39, 0.29) is 42.0 Å². The van der Waals surface area contributed by atoms with Crippen molar-refractivity contribution in [1.29, 1.82) is 0 Å². The average molecular weight is 434 g/mol. The van der Waals surface area contributed by atoms with Gasteiger partial charge in [-0.25, -0.2) is 0 Å². The Morgan fingerprint density at radius 3 is 2.69 bits per heavy atom. The predicted octanol–water partition coefficient (Wildman–Crippen LogP) is 2.45. The Kier molecular flexibility index (Phi) is 5.51. The molecule has 2 aromatic rings. The van der Waals surface area contributed by atoms with Gasteiger partial charge in [0.25, 0.3) is 5.56 Å². The van der Waals surface area contributed by atoms with Crippen LogP contribution in [0.25, 0.3) is 6.08 Å². The molecule has 0 unspecified atom stereocenters. The second kappa shape index (κ2) is 8.34. The number of hydrogen-bond acceptors (Lipinski definition) is 4. The molecule has 4 atom stereocenters. The monoisotopic (exact) mass is 433 g/mol. The number of benzene rings is 1. The lowest BCUT2D eigenvalue weighted by atomic mass is 9.85. The summed E-state index contributed by atoms with van der Waals surface area (Å²) >= 11 is 0. The zero-order valence-electron chi connectivity index (χ0n) is 18.8. The van der Waals surface area contributed by atoms with Gasteiger partial charge in [0.15, 0.2) is 0 Å². The highest BCUT2D eigenvalue weighted by Crippen LogP contribution is 2.48. The molecule has 32 heavy (non-hydrogen) atoms. The van der Waals surface area contributed by atoms with Gasteiger partial charge in [-0.2, -0.15) is 0 Å². The smallest absolute Gasteiger partial charge is 0.258 e. The van der Waals surface area contributed by atoms with Gasteiger partial charge in [0.05, 0.1) is 12.0 Å². The third-order valence-electron chi connectivity index (χ3n) is 7.64.